The minimum absolute atomic E-state index is 0.00761. The first-order valence-electron chi connectivity index (χ1n) is 5.50. The molecular weight excluding hydrogens is 222 g/mol. The van der Waals surface area contributed by atoms with Crippen molar-refractivity contribution in [2.75, 3.05) is 26.9 Å². The van der Waals surface area contributed by atoms with Crippen LogP contribution in [0.3, 0.4) is 0 Å². The van der Waals surface area contributed by atoms with E-state index >= 15 is 0 Å². The van der Waals surface area contributed by atoms with Gasteiger partial charge in [-0.3, -0.25) is 9.63 Å². The first-order chi connectivity index (χ1) is 8.29. The Hall–Kier alpha value is -1.75. The normalized spacial score (nSPS) is 14.8. The number of rotatable bonds is 4. The second-order valence-corrected chi connectivity index (χ2v) is 3.65. The molecule has 1 aliphatic heterocycles. The Morgan fingerprint density at radius 2 is 2.06 bits per heavy atom. The minimum Gasteiger partial charge on any atom is -0.497 e. The molecule has 0 N–H and O–H groups in total. The second-order valence-electron chi connectivity index (χ2n) is 3.65. The summed E-state index contributed by atoms with van der Waals surface area (Å²) in [5, 5.41) is 1.35. The third-order valence-corrected chi connectivity index (χ3v) is 2.45. The summed E-state index contributed by atoms with van der Waals surface area (Å²) in [6, 6.07) is 7.09. The molecule has 1 aromatic carbocycles. The van der Waals surface area contributed by atoms with Gasteiger partial charge in [0.1, 0.15) is 11.5 Å². The van der Waals surface area contributed by atoms with Crippen LogP contribution in [-0.4, -0.2) is 37.8 Å². The third-order valence-electron chi connectivity index (χ3n) is 2.45. The molecule has 1 aliphatic rings. The average Bonchev–Trinajstić information content (AvgIpc) is 2.90. The predicted molar refractivity (Wildman–Crippen MR) is 60.8 cm³/mol. The van der Waals surface area contributed by atoms with Crippen molar-refractivity contribution >= 4 is 5.91 Å². The maximum Gasteiger partial charge on any atom is 0.283 e. The van der Waals surface area contributed by atoms with Gasteiger partial charge in [-0.2, -0.15) is 0 Å². The number of amides is 1. The molecule has 0 aromatic heterocycles. The first-order valence-corrected chi connectivity index (χ1v) is 5.50. The van der Waals surface area contributed by atoms with Crippen molar-refractivity contribution in [3.05, 3.63) is 24.3 Å². The lowest BCUT2D eigenvalue weighted by Crippen LogP contribution is -2.31. The van der Waals surface area contributed by atoms with Crippen LogP contribution in [-0.2, 0) is 9.63 Å². The monoisotopic (exact) mass is 237 g/mol. The molecule has 1 heterocycles. The number of hydrogen-bond acceptors (Lipinski definition) is 4. The highest BCUT2D eigenvalue weighted by Gasteiger charge is 2.19. The second kappa shape index (κ2) is 5.54. The Labute approximate surface area is 99.8 Å². The Morgan fingerprint density at radius 3 is 2.65 bits per heavy atom. The molecule has 2 rings (SSSR count). The van der Waals surface area contributed by atoms with Gasteiger partial charge in [0.2, 0.25) is 0 Å². The molecular formula is C12H15NO4. The van der Waals surface area contributed by atoms with Gasteiger partial charge in [-0.25, -0.2) is 5.06 Å². The maximum absolute atomic E-state index is 11.6. The zero-order valence-corrected chi connectivity index (χ0v) is 9.72. The lowest BCUT2D eigenvalue weighted by atomic mass is 10.3. The van der Waals surface area contributed by atoms with Gasteiger partial charge in [0.25, 0.3) is 5.91 Å². The fraction of sp³-hybridized carbons (Fsp3) is 0.417. The van der Waals surface area contributed by atoms with Crippen molar-refractivity contribution in [1.29, 1.82) is 0 Å². The third kappa shape index (κ3) is 3.10. The van der Waals surface area contributed by atoms with Gasteiger partial charge in [0.05, 0.1) is 20.3 Å². The van der Waals surface area contributed by atoms with Crippen LogP contribution in [0.1, 0.15) is 6.42 Å². The van der Waals surface area contributed by atoms with E-state index in [1.54, 1.807) is 31.4 Å². The highest BCUT2D eigenvalue weighted by atomic mass is 16.7. The highest BCUT2D eigenvalue weighted by Crippen LogP contribution is 2.17. The van der Waals surface area contributed by atoms with Crippen LogP contribution in [0.15, 0.2) is 24.3 Å². The summed E-state index contributed by atoms with van der Waals surface area (Å²) >= 11 is 0. The van der Waals surface area contributed by atoms with E-state index in [0.29, 0.717) is 18.9 Å². The van der Waals surface area contributed by atoms with Crippen LogP contribution in [0.4, 0.5) is 0 Å². The van der Waals surface area contributed by atoms with Crippen molar-refractivity contribution in [3.8, 4) is 11.5 Å². The summed E-state index contributed by atoms with van der Waals surface area (Å²) in [5.41, 5.74) is 0. The number of methoxy groups -OCH3 is 1. The summed E-state index contributed by atoms with van der Waals surface area (Å²) in [6.45, 7) is 1.24. The van der Waals surface area contributed by atoms with Crippen LogP contribution < -0.4 is 9.47 Å². The topological polar surface area (TPSA) is 48.0 Å². The molecule has 92 valence electrons. The standard InChI is InChI=1S/C12H15NO4/c1-15-10-3-5-11(6-4-10)16-9-12(14)13-7-2-8-17-13/h3-6H,2,7-9H2,1H3. The molecule has 1 fully saturated rings. The van der Waals surface area contributed by atoms with Crippen molar-refractivity contribution in [2.45, 2.75) is 6.42 Å². The van der Waals surface area contributed by atoms with E-state index in [2.05, 4.69) is 0 Å². The number of ether oxygens (including phenoxy) is 2. The van der Waals surface area contributed by atoms with Gasteiger partial charge in [0.15, 0.2) is 6.61 Å². The fourth-order valence-electron chi connectivity index (χ4n) is 1.53. The largest absolute Gasteiger partial charge is 0.497 e. The van der Waals surface area contributed by atoms with E-state index in [1.165, 1.54) is 5.06 Å². The Morgan fingerprint density at radius 1 is 1.35 bits per heavy atom. The number of hydroxylamine groups is 2. The molecule has 0 spiro atoms. The smallest absolute Gasteiger partial charge is 0.283 e. The number of carbonyl (C=O) groups excluding carboxylic acids is 1. The maximum atomic E-state index is 11.6. The molecule has 1 amide bonds. The average molecular weight is 237 g/mol. The first kappa shape index (κ1) is 11.7. The van der Waals surface area contributed by atoms with Crippen molar-refractivity contribution in [1.82, 2.24) is 5.06 Å². The van der Waals surface area contributed by atoms with Gasteiger partial charge in [-0.05, 0) is 30.7 Å². The number of hydrogen-bond donors (Lipinski definition) is 0. The molecule has 0 atom stereocenters. The van der Waals surface area contributed by atoms with Gasteiger partial charge in [-0.1, -0.05) is 0 Å². The molecule has 5 nitrogen and oxygen atoms in total. The van der Waals surface area contributed by atoms with Crippen molar-refractivity contribution in [2.24, 2.45) is 0 Å². The fourth-order valence-corrected chi connectivity index (χ4v) is 1.53. The van der Waals surface area contributed by atoms with Crippen LogP contribution in [0.5, 0.6) is 11.5 Å². The van der Waals surface area contributed by atoms with E-state index in [1.807, 2.05) is 0 Å². The Bertz CT molecular complexity index is 371. The lowest BCUT2D eigenvalue weighted by Gasteiger charge is -2.14. The molecule has 0 unspecified atom stereocenters. The van der Waals surface area contributed by atoms with Gasteiger partial charge in [-0.15, -0.1) is 0 Å². The van der Waals surface area contributed by atoms with Gasteiger partial charge in [0, 0.05) is 0 Å². The summed E-state index contributed by atoms with van der Waals surface area (Å²) < 4.78 is 10.4. The van der Waals surface area contributed by atoms with E-state index in [-0.39, 0.29) is 12.5 Å². The molecule has 0 bridgehead atoms. The van der Waals surface area contributed by atoms with E-state index in [4.69, 9.17) is 14.3 Å². The molecule has 0 aliphatic carbocycles. The predicted octanol–water partition coefficient (Wildman–Crippen LogP) is 1.24. The Kier molecular flexibility index (Phi) is 3.82. The van der Waals surface area contributed by atoms with Crippen LogP contribution in [0, 0.1) is 0 Å². The zero-order chi connectivity index (χ0) is 12.1. The molecule has 1 aromatic rings. The lowest BCUT2D eigenvalue weighted by molar-refractivity contribution is -0.170. The molecule has 0 radical (unpaired) electrons. The van der Waals surface area contributed by atoms with Gasteiger partial charge < -0.3 is 9.47 Å². The highest BCUT2D eigenvalue weighted by molar-refractivity contribution is 5.76. The van der Waals surface area contributed by atoms with E-state index in [0.717, 1.165) is 12.2 Å². The van der Waals surface area contributed by atoms with E-state index < -0.39 is 0 Å². The Balaban J connectivity index is 1.82. The van der Waals surface area contributed by atoms with Gasteiger partial charge >= 0.3 is 0 Å². The summed E-state index contributed by atoms with van der Waals surface area (Å²) in [7, 11) is 1.60. The number of nitrogens with zero attached hydrogens (tertiary/aromatic N) is 1. The van der Waals surface area contributed by atoms with Crippen LogP contribution in [0.2, 0.25) is 0 Å². The molecule has 0 saturated carbocycles. The van der Waals surface area contributed by atoms with Crippen LogP contribution in [0.25, 0.3) is 0 Å². The molecule has 1 saturated heterocycles. The molecule has 5 heteroatoms. The summed E-state index contributed by atoms with van der Waals surface area (Å²) in [4.78, 5) is 16.7. The zero-order valence-electron chi connectivity index (χ0n) is 9.72. The van der Waals surface area contributed by atoms with Crippen molar-refractivity contribution < 1.29 is 19.1 Å². The number of carbonyl (C=O) groups is 1. The van der Waals surface area contributed by atoms with Crippen molar-refractivity contribution in [3.63, 3.8) is 0 Å². The quantitative estimate of drug-likeness (QED) is 0.790. The SMILES string of the molecule is COc1ccc(OCC(=O)N2CCCO2)cc1. The number of benzene rings is 1. The van der Waals surface area contributed by atoms with Crippen LogP contribution >= 0.6 is 0 Å². The van der Waals surface area contributed by atoms with E-state index in [9.17, 15) is 4.79 Å². The molecule has 17 heavy (non-hydrogen) atoms. The summed E-state index contributed by atoms with van der Waals surface area (Å²) in [6.07, 6.45) is 0.883. The summed E-state index contributed by atoms with van der Waals surface area (Å²) in [5.74, 6) is 1.24. The minimum atomic E-state index is -0.154.